The highest BCUT2D eigenvalue weighted by atomic mass is 32.2. The van der Waals surface area contributed by atoms with Crippen LogP contribution in [0.2, 0.25) is 0 Å². The molecule has 116 valence electrons. The van der Waals surface area contributed by atoms with Crippen molar-refractivity contribution >= 4 is 21.8 Å². The molecule has 0 aromatic carbocycles. The van der Waals surface area contributed by atoms with E-state index in [0.717, 1.165) is 12.8 Å². The normalized spacial score (nSPS) is 21.5. The molecule has 0 aromatic rings. The van der Waals surface area contributed by atoms with Crippen LogP contribution < -0.4 is 0 Å². The highest BCUT2D eigenvalue weighted by Gasteiger charge is 2.36. The van der Waals surface area contributed by atoms with Crippen LogP contribution in [0.4, 0.5) is 4.79 Å². The van der Waals surface area contributed by atoms with Gasteiger partial charge in [-0.1, -0.05) is 13.3 Å². The molecule has 7 nitrogen and oxygen atoms in total. The van der Waals surface area contributed by atoms with E-state index >= 15 is 0 Å². The SMILES string of the molecule is CCCCN(C)C(=O)N1CCS(=O)(=O)CC1CC(=O)O. The molecule has 1 rings (SSSR count). The summed E-state index contributed by atoms with van der Waals surface area (Å²) in [6.45, 7) is 2.66. The van der Waals surface area contributed by atoms with Crippen LogP contribution in [-0.2, 0) is 14.6 Å². The average Bonchev–Trinajstić information content (AvgIpc) is 2.33. The zero-order valence-electron chi connectivity index (χ0n) is 11.9. The molecule has 1 N–H and O–H groups in total. The van der Waals surface area contributed by atoms with Gasteiger partial charge in [-0.15, -0.1) is 0 Å². The van der Waals surface area contributed by atoms with E-state index in [4.69, 9.17) is 5.11 Å². The molecule has 1 aliphatic rings. The van der Waals surface area contributed by atoms with E-state index in [0.29, 0.717) is 6.54 Å². The van der Waals surface area contributed by atoms with Crippen LogP contribution in [-0.4, -0.2) is 73.0 Å². The summed E-state index contributed by atoms with van der Waals surface area (Å²) in [6.07, 6.45) is 1.47. The minimum Gasteiger partial charge on any atom is -0.481 e. The number of carboxylic acid groups (broad SMARTS) is 1. The molecule has 1 saturated heterocycles. The van der Waals surface area contributed by atoms with E-state index in [1.54, 1.807) is 7.05 Å². The number of unbranched alkanes of at least 4 members (excludes halogenated alkanes) is 1. The second kappa shape index (κ2) is 6.92. The van der Waals surface area contributed by atoms with Crippen molar-refractivity contribution in [1.29, 1.82) is 0 Å². The van der Waals surface area contributed by atoms with Gasteiger partial charge in [-0.2, -0.15) is 0 Å². The molecule has 0 saturated carbocycles. The first-order chi connectivity index (χ1) is 9.26. The van der Waals surface area contributed by atoms with Gasteiger partial charge in [0.2, 0.25) is 0 Å². The Morgan fingerprint density at radius 1 is 1.40 bits per heavy atom. The molecule has 1 aliphatic heterocycles. The predicted octanol–water partition coefficient (Wildman–Crippen LogP) is 0.412. The second-order valence-electron chi connectivity index (χ2n) is 5.12. The Bertz CT molecular complexity index is 462. The van der Waals surface area contributed by atoms with Crippen molar-refractivity contribution in [3.63, 3.8) is 0 Å². The molecule has 20 heavy (non-hydrogen) atoms. The quantitative estimate of drug-likeness (QED) is 0.794. The topological polar surface area (TPSA) is 95.0 Å². The van der Waals surface area contributed by atoms with Gasteiger partial charge >= 0.3 is 12.0 Å². The maximum Gasteiger partial charge on any atom is 0.320 e. The number of aliphatic carboxylic acids is 1. The van der Waals surface area contributed by atoms with Crippen LogP contribution in [0.15, 0.2) is 0 Å². The number of urea groups is 1. The van der Waals surface area contributed by atoms with E-state index < -0.39 is 21.8 Å². The Balaban J connectivity index is 2.79. The first-order valence-electron chi connectivity index (χ1n) is 6.70. The lowest BCUT2D eigenvalue weighted by atomic mass is 10.2. The summed E-state index contributed by atoms with van der Waals surface area (Å²) in [5.74, 6) is -1.47. The largest absolute Gasteiger partial charge is 0.481 e. The zero-order chi connectivity index (χ0) is 15.3. The average molecular weight is 306 g/mol. The van der Waals surface area contributed by atoms with Crippen molar-refractivity contribution in [2.45, 2.75) is 32.2 Å². The van der Waals surface area contributed by atoms with E-state index in [1.165, 1.54) is 9.80 Å². The number of carbonyl (C=O) groups is 2. The van der Waals surface area contributed by atoms with Crippen LogP contribution >= 0.6 is 0 Å². The Hall–Kier alpha value is -1.31. The molecule has 0 bridgehead atoms. The lowest BCUT2D eigenvalue weighted by Gasteiger charge is -2.37. The van der Waals surface area contributed by atoms with Crippen LogP contribution in [0.1, 0.15) is 26.2 Å². The fourth-order valence-electron chi connectivity index (χ4n) is 2.22. The van der Waals surface area contributed by atoms with Crippen molar-refractivity contribution in [1.82, 2.24) is 9.80 Å². The number of carbonyl (C=O) groups excluding carboxylic acids is 1. The van der Waals surface area contributed by atoms with Gasteiger partial charge in [0.15, 0.2) is 9.84 Å². The van der Waals surface area contributed by atoms with Crippen LogP contribution in [0.5, 0.6) is 0 Å². The van der Waals surface area contributed by atoms with Crippen LogP contribution in [0.25, 0.3) is 0 Å². The van der Waals surface area contributed by atoms with E-state index in [2.05, 4.69) is 0 Å². The summed E-state index contributed by atoms with van der Waals surface area (Å²) >= 11 is 0. The summed E-state index contributed by atoms with van der Waals surface area (Å²) < 4.78 is 23.2. The van der Waals surface area contributed by atoms with Gasteiger partial charge in [-0.05, 0) is 6.42 Å². The Morgan fingerprint density at radius 3 is 2.60 bits per heavy atom. The number of sulfone groups is 1. The highest BCUT2D eigenvalue weighted by Crippen LogP contribution is 2.17. The number of amides is 2. The van der Waals surface area contributed by atoms with E-state index in [1.807, 2.05) is 6.92 Å². The smallest absolute Gasteiger partial charge is 0.320 e. The van der Waals surface area contributed by atoms with Crippen molar-refractivity contribution in [2.75, 3.05) is 31.6 Å². The molecule has 1 heterocycles. The summed E-state index contributed by atoms with van der Waals surface area (Å²) in [7, 11) is -1.61. The molecular formula is C12H22N2O5S. The van der Waals surface area contributed by atoms with Crippen LogP contribution in [0.3, 0.4) is 0 Å². The van der Waals surface area contributed by atoms with Gasteiger partial charge in [0, 0.05) is 20.1 Å². The number of nitrogens with zero attached hydrogens (tertiary/aromatic N) is 2. The van der Waals surface area contributed by atoms with Crippen molar-refractivity contribution < 1.29 is 23.1 Å². The van der Waals surface area contributed by atoms with Gasteiger partial charge < -0.3 is 14.9 Å². The van der Waals surface area contributed by atoms with Gasteiger partial charge in [-0.3, -0.25) is 4.79 Å². The fraction of sp³-hybridized carbons (Fsp3) is 0.833. The summed E-state index contributed by atoms with van der Waals surface area (Å²) in [5.41, 5.74) is 0. The molecule has 0 radical (unpaired) electrons. The molecule has 0 aromatic heterocycles. The Kier molecular flexibility index (Phi) is 5.79. The summed E-state index contributed by atoms with van der Waals surface area (Å²) in [5, 5.41) is 8.87. The summed E-state index contributed by atoms with van der Waals surface area (Å²) in [6, 6.07) is -1.07. The summed E-state index contributed by atoms with van der Waals surface area (Å²) in [4.78, 5) is 26.0. The maximum atomic E-state index is 12.3. The lowest BCUT2D eigenvalue weighted by molar-refractivity contribution is -0.138. The van der Waals surface area contributed by atoms with Crippen LogP contribution in [0, 0.1) is 0 Å². The standard InChI is InChI=1S/C12H22N2O5S/c1-3-4-5-13(2)12(17)14-6-7-20(18,19)9-10(14)8-11(15)16/h10H,3-9H2,1-2H3,(H,15,16). The minimum atomic E-state index is -3.26. The predicted molar refractivity (Wildman–Crippen MR) is 74.3 cm³/mol. The molecule has 1 unspecified atom stereocenters. The van der Waals surface area contributed by atoms with Crippen molar-refractivity contribution in [3.8, 4) is 0 Å². The second-order valence-corrected chi connectivity index (χ2v) is 7.35. The van der Waals surface area contributed by atoms with Gasteiger partial charge in [0.25, 0.3) is 0 Å². The third-order valence-electron chi connectivity index (χ3n) is 3.36. The first kappa shape index (κ1) is 16.7. The molecule has 1 fully saturated rings. The number of rotatable bonds is 5. The zero-order valence-corrected chi connectivity index (χ0v) is 12.7. The molecule has 0 aliphatic carbocycles. The maximum absolute atomic E-state index is 12.3. The molecular weight excluding hydrogens is 284 g/mol. The van der Waals surface area contributed by atoms with Gasteiger partial charge in [-0.25, -0.2) is 13.2 Å². The van der Waals surface area contributed by atoms with Crippen molar-refractivity contribution in [2.24, 2.45) is 0 Å². The van der Waals surface area contributed by atoms with E-state index in [-0.39, 0.29) is 30.5 Å². The lowest BCUT2D eigenvalue weighted by Crippen LogP contribution is -2.55. The number of hydrogen-bond acceptors (Lipinski definition) is 4. The van der Waals surface area contributed by atoms with Gasteiger partial charge in [0.1, 0.15) is 0 Å². The third-order valence-corrected chi connectivity index (χ3v) is 5.06. The molecule has 0 spiro atoms. The fourth-order valence-corrected chi connectivity index (χ4v) is 3.74. The molecule has 8 heteroatoms. The number of hydrogen-bond donors (Lipinski definition) is 1. The monoisotopic (exact) mass is 306 g/mol. The minimum absolute atomic E-state index is 0.0651. The van der Waals surface area contributed by atoms with Crippen molar-refractivity contribution in [3.05, 3.63) is 0 Å². The Morgan fingerprint density at radius 2 is 2.05 bits per heavy atom. The first-order valence-corrected chi connectivity index (χ1v) is 8.53. The Labute approximate surface area is 119 Å². The highest BCUT2D eigenvalue weighted by molar-refractivity contribution is 7.91. The van der Waals surface area contributed by atoms with Gasteiger partial charge in [0.05, 0.1) is 24.0 Å². The third kappa shape index (κ3) is 4.66. The van der Waals surface area contributed by atoms with E-state index in [9.17, 15) is 18.0 Å². The number of carboxylic acids is 1. The molecule has 1 atom stereocenters. The molecule has 2 amide bonds.